The molecule has 3 heterocycles. The Hall–Kier alpha value is -2.59. The number of aromatic nitrogens is 1. The largest absolute Gasteiger partial charge is 0.493 e. The van der Waals surface area contributed by atoms with Crippen molar-refractivity contribution < 1.29 is 29.6 Å². The number of amides is 1. The molecule has 0 aliphatic carbocycles. The number of likely N-dealkylation sites (tertiary alicyclic amines) is 1. The standard InChI is InChI=1S/C26H34ClN3O6/c1-15-20(27)6-8-24(28-15)29-10-18(11-29)36-23-9-17(5-7-22(23)35-4)19-12-30(25(34)21(33)13-31)14-26(19,3)16(2)32/h5-9,16,18-19,21,31-33H,10-14H2,1-4H3/t16-,19+,21+,26+/m1/s1. The molecular weight excluding hydrogens is 486 g/mol. The number of ether oxygens (including phenoxy) is 2. The van der Waals surface area contributed by atoms with Gasteiger partial charge < -0.3 is 34.6 Å². The van der Waals surface area contributed by atoms with Crippen LogP contribution in [0.1, 0.15) is 31.0 Å². The fraction of sp³-hybridized carbons (Fsp3) is 0.538. The molecule has 2 aliphatic rings. The number of aliphatic hydroxyl groups excluding tert-OH is 3. The number of halogens is 1. The van der Waals surface area contributed by atoms with E-state index in [0.717, 1.165) is 17.1 Å². The molecule has 0 radical (unpaired) electrons. The summed E-state index contributed by atoms with van der Waals surface area (Å²) in [6.07, 6.45) is -2.25. The van der Waals surface area contributed by atoms with Crippen LogP contribution in [0, 0.1) is 12.3 Å². The van der Waals surface area contributed by atoms with Crippen molar-refractivity contribution in [3.05, 3.63) is 46.6 Å². The van der Waals surface area contributed by atoms with Gasteiger partial charge in [-0.1, -0.05) is 24.6 Å². The molecule has 0 bridgehead atoms. The van der Waals surface area contributed by atoms with Gasteiger partial charge in [0.1, 0.15) is 11.9 Å². The van der Waals surface area contributed by atoms with Crippen LogP contribution in [0.15, 0.2) is 30.3 Å². The topological polar surface area (TPSA) is 116 Å². The molecule has 2 fully saturated rings. The molecule has 196 valence electrons. The summed E-state index contributed by atoms with van der Waals surface area (Å²) in [5.41, 5.74) is 1.03. The van der Waals surface area contributed by atoms with Crippen LogP contribution in [0.2, 0.25) is 5.02 Å². The highest BCUT2D eigenvalue weighted by Crippen LogP contribution is 2.47. The lowest BCUT2D eigenvalue weighted by Gasteiger charge is -2.40. The molecule has 10 heteroatoms. The van der Waals surface area contributed by atoms with Crippen molar-refractivity contribution in [1.82, 2.24) is 9.88 Å². The quantitative estimate of drug-likeness (QED) is 0.485. The number of anilines is 1. The lowest BCUT2D eigenvalue weighted by molar-refractivity contribution is -0.141. The Balaban J connectivity index is 1.52. The Kier molecular flexibility index (Phi) is 7.66. The van der Waals surface area contributed by atoms with Gasteiger partial charge in [-0.25, -0.2) is 4.98 Å². The highest BCUT2D eigenvalue weighted by atomic mass is 35.5. The average molecular weight is 520 g/mol. The molecule has 0 saturated carbocycles. The fourth-order valence-electron chi connectivity index (χ4n) is 4.97. The second kappa shape index (κ2) is 10.4. The zero-order valence-electron chi connectivity index (χ0n) is 21.0. The van der Waals surface area contributed by atoms with Crippen LogP contribution < -0.4 is 14.4 Å². The van der Waals surface area contributed by atoms with E-state index in [1.165, 1.54) is 4.90 Å². The maximum Gasteiger partial charge on any atom is 0.253 e. The number of rotatable bonds is 8. The van der Waals surface area contributed by atoms with Crippen LogP contribution in [-0.4, -0.2) is 89.3 Å². The Labute approximate surface area is 216 Å². The smallest absolute Gasteiger partial charge is 0.253 e. The monoisotopic (exact) mass is 519 g/mol. The number of hydrogen-bond donors (Lipinski definition) is 3. The van der Waals surface area contributed by atoms with Crippen molar-refractivity contribution in [2.45, 2.75) is 45.0 Å². The first-order valence-electron chi connectivity index (χ1n) is 12.1. The summed E-state index contributed by atoms with van der Waals surface area (Å²) in [7, 11) is 1.58. The second-order valence-corrected chi connectivity index (χ2v) is 10.4. The van der Waals surface area contributed by atoms with Crippen LogP contribution in [0.25, 0.3) is 0 Å². The molecule has 9 nitrogen and oxygen atoms in total. The molecule has 1 aromatic heterocycles. The number of hydrogen-bond acceptors (Lipinski definition) is 8. The van der Waals surface area contributed by atoms with E-state index in [0.29, 0.717) is 36.2 Å². The van der Waals surface area contributed by atoms with Gasteiger partial charge in [0.05, 0.1) is 43.6 Å². The Morgan fingerprint density at radius 1 is 1.22 bits per heavy atom. The highest BCUT2D eigenvalue weighted by Gasteiger charge is 2.49. The van der Waals surface area contributed by atoms with Crippen molar-refractivity contribution in [2.75, 3.05) is 44.8 Å². The zero-order chi connectivity index (χ0) is 26.2. The van der Waals surface area contributed by atoms with Gasteiger partial charge in [-0.15, -0.1) is 0 Å². The van der Waals surface area contributed by atoms with E-state index in [-0.39, 0.29) is 18.6 Å². The normalized spacial score (nSPS) is 23.8. The Bertz CT molecular complexity index is 1110. The molecule has 2 aromatic rings. The lowest BCUT2D eigenvalue weighted by Crippen LogP contribution is -2.54. The third-order valence-electron chi connectivity index (χ3n) is 7.52. The van der Waals surface area contributed by atoms with Crippen molar-refractivity contribution >= 4 is 23.3 Å². The molecule has 36 heavy (non-hydrogen) atoms. The molecule has 4 rings (SSSR count). The van der Waals surface area contributed by atoms with Gasteiger partial charge in [-0.3, -0.25) is 4.79 Å². The minimum Gasteiger partial charge on any atom is -0.493 e. The lowest BCUT2D eigenvalue weighted by atomic mass is 9.72. The van der Waals surface area contributed by atoms with Gasteiger partial charge >= 0.3 is 0 Å². The van der Waals surface area contributed by atoms with Gasteiger partial charge in [0.15, 0.2) is 17.6 Å². The minimum atomic E-state index is -1.47. The van der Waals surface area contributed by atoms with Crippen LogP contribution in [0.5, 0.6) is 11.5 Å². The van der Waals surface area contributed by atoms with Crippen molar-refractivity contribution in [2.24, 2.45) is 5.41 Å². The number of aliphatic hydroxyl groups is 3. The summed E-state index contributed by atoms with van der Waals surface area (Å²) < 4.78 is 11.8. The number of aryl methyl sites for hydroxylation is 1. The molecule has 0 spiro atoms. The number of methoxy groups -OCH3 is 1. The van der Waals surface area contributed by atoms with Gasteiger partial charge in [0.25, 0.3) is 5.91 Å². The summed E-state index contributed by atoms with van der Waals surface area (Å²) in [6.45, 7) is 6.76. The summed E-state index contributed by atoms with van der Waals surface area (Å²) in [5, 5.41) is 30.4. The van der Waals surface area contributed by atoms with Crippen LogP contribution >= 0.6 is 11.6 Å². The van der Waals surface area contributed by atoms with Crippen LogP contribution in [0.4, 0.5) is 5.82 Å². The van der Waals surface area contributed by atoms with Crippen molar-refractivity contribution in [1.29, 1.82) is 0 Å². The Morgan fingerprint density at radius 2 is 1.94 bits per heavy atom. The molecule has 1 aromatic carbocycles. The SMILES string of the molecule is COc1ccc([C@@H]2CN(C(=O)[C@@H](O)CO)C[C@@]2(C)[C@@H](C)O)cc1OC1CN(c2ccc(Cl)c(C)n2)C1. The molecule has 2 aliphatic heterocycles. The summed E-state index contributed by atoms with van der Waals surface area (Å²) >= 11 is 6.09. The molecular formula is C26H34ClN3O6. The van der Waals surface area contributed by atoms with E-state index >= 15 is 0 Å². The first kappa shape index (κ1) is 26.5. The summed E-state index contributed by atoms with van der Waals surface area (Å²) in [4.78, 5) is 20.7. The third kappa shape index (κ3) is 4.98. The fourth-order valence-corrected chi connectivity index (χ4v) is 5.07. The van der Waals surface area contributed by atoms with E-state index in [1.807, 2.05) is 44.2 Å². The van der Waals surface area contributed by atoms with E-state index in [1.54, 1.807) is 14.0 Å². The maximum absolute atomic E-state index is 12.6. The maximum atomic E-state index is 12.6. The van der Waals surface area contributed by atoms with E-state index in [2.05, 4.69) is 9.88 Å². The zero-order valence-corrected chi connectivity index (χ0v) is 21.8. The first-order valence-corrected chi connectivity index (χ1v) is 12.4. The average Bonchev–Trinajstić information content (AvgIpc) is 3.20. The predicted octanol–water partition coefficient (Wildman–Crippen LogP) is 1.99. The number of benzene rings is 1. The van der Waals surface area contributed by atoms with Gasteiger partial charge in [0, 0.05) is 24.4 Å². The molecule has 1 amide bonds. The number of carbonyl (C=O) groups excluding carboxylic acids is 1. The number of nitrogens with zero attached hydrogens (tertiary/aromatic N) is 3. The molecule has 0 unspecified atom stereocenters. The van der Waals surface area contributed by atoms with Gasteiger partial charge in [-0.05, 0) is 43.7 Å². The summed E-state index contributed by atoms with van der Waals surface area (Å²) in [6, 6.07) is 9.40. The molecule has 2 saturated heterocycles. The predicted molar refractivity (Wildman–Crippen MR) is 136 cm³/mol. The van der Waals surface area contributed by atoms with Gasteiger partial charge in [0.2, 0.25) is 0 Å². The van der Waals surface area contributed by atoms with Crippen molar-refractivity contribution in [3.8, 4) is 11.5 Å². The van der Waals surface area contributed by atoms with E-state index in [9.17, 15) is 20.1 Å². The second-order valence-electron chi connectivity index (χ2n) is 9.94. The summed E-state index contributed by atoms with van der Waals surface area (Å²) in [5.74, 6) is 1.29. The number of carbonyl (C=O) groups is 1. The Morgan fingerprint density at radius 3 is 2.56 bits per heavy atom. The van der Waals surface area contributed by atoms with Gasteiger partial charge in [-0.2, -0.15) is 0 Å². The first-order chi connectivity index (χ1) is 17.1. The minimum absolute atomic E-state index is 0.0589. The van der Waals surface area contributed by atoms with E-state index < -0.39 is 30.1 Å². The van der Waals surface area contributed by atoms with E-state index in [4.69, 9.17) is 21.1 Å². The van der Waals surface area contributed by atoms with Crippen LogP contribution in [-0.2, 0) is 4.79 Å². The van der Waals surface area contributed by atoms with Crippen molar-refractivity contribution in [3.63, 3.8) is 0 Å². The number of pyridine rings is 1. The molecule has 3 N–H and O–H groups in total. The third-order valence-corrected chi connectivity index (χ3v) is 7.92. The molecule has 4 atom stereocenters. The highest BCUT2D eigenvalue weighted by molar-refractivity contribution is 6.31. The van der Waals surface area contributed by atoms with Crippen LogP contribution in [0.3, 0.4) is 0 Å².